The largest absolute Gasteiger partial charge is 0.465 e. The van der Waals surface area contributed by atoms with E-state index in [1.165, 1.54) is 6.42 Å². The van der Waals surface area contributed by atoms with E-state index in [4.69, 9.17) is 10.00 Å². The van der Waals surface area contributed by atoms with Crippen LogP contribution in [0.3, 0.4) is 0 Å². The van der Waals surface area contributed by atoms with Gasteiger partial charge in [0.25, 0.3) is 0 Å². The zero-order chi connectivity index (χ0) is 12.0. The fourth-order valence-electron chi connectivity index (χ4n) is 2.43. The molecule has 0 aromatic rings. The van der Waals surface area contributed by atoms with Gasteiger partial charge in [-0.1, -0.05) is 26.2 Å². The van der Waals surface area contributed by atoms with Crippen LogP contribution in [-0.2, 0) is 9.53 Å². The molecule has 0 aliphatic heterocycles. The average molecular weight is 223 g/mol. The average Bonchev–Trinajstić information content (AvgIpc) is 2.46. The smallest absolute Gasteiger partial charge is 0.323 e. The monoisotopic (exact) mass is 223 g/mol. The predicted molar refractivity (Wildman–Crippen MR) is 61.5 cm³/mol. The fourth-order valence-corrected chi connectivity index (χ4v) is 2.43. The Morgan fingerprint density at radius 3 is 2.81 bits per heavy atom. The van der Waals surface area contributed by atoms with Gasteiger partial charge in [-0.3, -0.25) is 4.79 Å². The molecule has 0 radical (unpaired) electrons. The Morgan fingerprint density at radius 2 is 2.19 bits per heavy atom. The van der Waals surface area contributed by atoms with Crippen molar-refractivity contribution in [1.29, 1.82) is 5.26 Å². The van der Waals surface area contributed by atoms with Gasteiger partial charge >= 0.3 is 5.97 Å². The molecule has 0 bridgehead atoms. The molecule has 3 nitrogen and oxygen atoms in total. The number of hydrogen-bond acceptors (Lipinski definition) is 3. The molecule has 3 atom stereocenters. The Morgan fingerprint density at radius 1 is 1.44 bits per heavy atom. The molecule has 0 heterocycles. The van der Waals surface area contributed by atoms with E-state index in [9.17, 15) is 4.79 Å². The van der Waals surface area contributed by atoms with Gasteiger partial charge in [0.15, 0.2) is 0 Å². The van der Waals surface area contributed by atoms with Gasteiger partial charge in [0.1, 0.15) is 5.92 Å². The van der Waals surface area contributed by atoms with Crippen LogP contribution in [0, 0.1) is 29.1 Å². The van der Waals surface area contributed by atoms with Crippen molar-refractivity contribution in [2.24, 2.45) is 17.8 Å². The lowest BCUT2D eigenvalue weighted by atomic mass is 9.87. The number of hydrogen-bond donors (Lipinski definition) is 0. The van der Waals surface area contributed by atoms with E-state index >= 15 is 0 Å². The van der Waals surface area contributed by atoms with Crippen molar-refractivity contribution in [1.82, 2.24) is 0 Å². The number of nitrogens with zero attached hydrogens (tertiary/aromatic N) is 1. The molecule has 1 aliphatic carbocycles. The summed E-state index contributed by atoms with van der Waals surface area (Å²) in [7, 11) is 0. The molecule has 1 saturated carbocycles. The lowest BCUT2D eigenvalue weighted by Gasteiger charge is -2.18. The summed E-state index contributed by atoms with van der Waals surface area (Å²) in [6.07, 6.45) is 5.45. The summed E-state index contributed by atoms with van der Waals surface area (Å²) in [5, 5.41) is 9.08. The van der Waals surface area contributed by atoms with E-state index in [0.717, 1.165) is 31.6 Å². The first kappa shape index (κ1) is 13.0. The summed E-state index contributed by atoms with van der Waals surface area (Å²) in [4.78, 5) is 11.6. The highest BCUT2D eigenvalue weighted by molar-refractivity contribution is 5.75. The summed E-state index contributed by atoms with van der Waals surface area (Å²) >= 11 is 0. The van der Waals surface area contributed by atoms with E-state index in [1.807, 2.05) is 0 Å². The Labute approximate surface area is 97.8 Å². The van der Waals surface area contributed by atoms with Crippen LogP contribution < -0.4 is 0 Å². The third-order valence-electron chi connectivity index (χ3n) is 3.45. The first-order valence-corrected chi connectivity index (χ1v) is 6.25. The van der Waals surface area contributed by atoms with Gasteiger partial charge in [-0.15, -0.1) is 0 Å². The van der Waals surface area contributed by atoms with Crippen LogP contribution in [0.1, 0.15) is 46.0 Å². The summed E-state index contributed by atoms with van der Waals surface area (Å²) < 4.78 is 4.95. The lowest BCUT2D eigenvalue weighted by Crippen LogP contribution is -2.24. The lowest BCUT2D eigenvalue weighted by molar-refractivity contribution is -0.147. The molecule has 1 aliphatic rings. The van der Waals surface area contributed by atoms with Crippen molar-refractivity contribution in [3.63, 3.8) is 0 Å². The maximum Gasteiger partial charge on any atom is 0.323 e. The van der Waals surface area contributed by atoms with Gasteiger partial charge in [-0.25, -0.2) is 0 Å². The number of rotatable bonds is 3. The van der Waals surface area contributed by atoms with Crippen LogP contribution in [-0.4, -0.2) is 12.6 Å². The minimum Gasteiger partial charge on any atom is -0.465 e. The number of esters is 1. The van der Waals surface area contributed by atoms with Crippen molar-refractivity contribution >= 4 is 5.97 Å². The quantitative estimate of drug-likeness (QED) is 0.546. The maximum atomic E-state index is 11.6. The Bertz CT molecular complexity index is 270. The van der Waals surface area contributed by atoms with Gasteiger partial charge in [0.05, 0.1) is 12.7 Å². The molecule has 0 spiro atoms. The van der Waals surface area contributed by atoms with Gasteiger partial charge in [0, 0.05) is 0 Å². The second kappa shape index (κ2) is 6.52. The normalized spacial score (nSPS) is 27.6. The maximum absolute atomic E-state index is 11.6. The molecule has 3 heteroatoms. The SMILES string of the molecule is CCOC(=O)C(C#N)C1CCCC(C)CC1. The second-order valence-corrected chi connectivity index (χ2v) is 4.73. The van der Waals surface area contributed by atoms with Gasteiger partial charge in [0.2, 0.25) is 0 Å². The summed E-state index contributed by atoms with van der Waals surface area (Å²) in [6.45, 7) is 4.38. The van der Waals surface area contributed by atoms with E-state index in [1.54, 1.807) is 6.92 Å². The van der Waals surface area contributed by atoms with Crippen molar-refractivity contribution in [3.8, 4) is 6.07 Å². The molecular weight excluding hydrogens is 202 g/mol. The van der Waals surface area contributed by atoms with E-state index in [0.29, 0.717) is 6.61 Å². The van der Waals surface area contributed by atoms with Crippen LogP contribution in [0.5, 0.6) is 0 Å². The Kier molecular flexibility index (Phi) is 5.31. The summed E-state index contributed by atoms with van der Waals surface area (Å²) in [5.41, 5.74) is 0. The molecule has 1 fully saturated rings. The highest BCUT2D eigenvalue weighted by Crippen LogP contribution is 2.32. The van der Waals surface area contributed by atoms with Crippen LogP contribution >= 0.6 is 0 Å². The van der Waals surface area contributed by atoms with Gasteiger partial charge in [-0.2, -0.15) is 5.26 Å². The molecule has 3 unspecified atom stereocenters. The zero-order valence-corrected chi connectivity index (χ0v) is 10.2. The Hall–Kier alpha value is -1.04. The molecule has 0 amide bonds. The number of nitriles is 1. The fraction of sp³-hybridized carbons (Fsp3) is 0.846. The highest BCUT2D eigenvalue weighted by Gasteiger charge is 2.30. The summed E-state index contributed by atoms with van der Waals surface area (Å²) in [5.74, 6) is 0.0512. The third-order valence-corrected chi connectivity index (χ3v) is 3.45. The van der Waals surface area contributed by atoms with Gasteiger partial charge in [-0.05, 0) is 31.6 Å². The third kappa shape index (κ3) is 3.52. The topological polar surface area (TPSA) is 50.1 Å². The van der Waals surface area contributed by atoms with E-state index in [2.05, 4.69) is 13.0 Å². The first-order valence-electron chi connectivity index (χ1n) is 6.25. The van der Waals surface area contributed by atoms with Gasteiger partial charge < -0.3 is 4.74 Å². The number of ether oxygens (including phenoxy) is 1. The Balaban J connectivity index is 2.58. The molecule has 90 valence electrons. The second-order valence-electron chi connectivity index (χ2n) is 4.73. The zero-order valence-electron chi connectivity index (χ0n) is 10.2. The van der Waals surface area contributed by atoms with Crippen molar-refractivity contribution < 1.29 is 9.53 Å². The van der Waals surface area contributed by atoms with Crippen LogP contribution in [0.2, 0.25) is 0 Å². The highest BCUT2D eigenvalue weighted by atomic mass is 16.5. The molecule has 0 aromatic carbocycles. The summed E-state index contributed by atoms with van der Waals surface area (Å²) in [6, 6.07) is 2.12. The molecule has 0 N–H and O–H groups in total. The molecule has 0 saturated heterocycles. The minimum absolute atomic E-state index is 0.203. The van der Waals surface area contributed by atoms with E-state index in [-0.39, 0.29) is 11.9 Å². The van der Waals surface area contributed by atoms with E-state index < -0.39 is 5.92 Å². The van der Waals surface area contributed by atoms with Crippen molar-refractivity contribution in [2.75, 3.05) is 6.61 Å². The molecular formula is C13H21NO2. The molecule has 16 heavy (non-hydrogen) atoms. The number of carbonyl (C=O) groups is 1. The van der Waals surface area contributed by atoms with Crippen molar-refractivity contribution in [3.05, 3.63) is 0 Å². The van der Waals surface area contributed by atoms with Crippen LogP contribution in [0.4, 0.5) is 0 Å². The van der Waals surface area contributed by atoms with Crippen molar-refractivity contribution in [2.45, 2.75) is 46.0 Å². The number of carbonyl (C=O) groups excluding carboxylic acids is 1. The standard InChI is InChI=1S/C13H21NO2/c1-3-16-13(15)12(9-14)11-6-4-5-10(2)7-8-11/h10-12H,3-8H2,1-2H3. The molecule has 1 rings (SSSR count). The molecule has 0 aromatic heterocycles. The minimum atomic E-state index is -0.551. The predicted octanol–water partition coefficient (Wildman–Crippen LogP) is 2.91. The van der Waals surface area contributed by atoms with Crippen LogP contribution in [0.15, 0.2) is 0 Å². The first-order chi connectivity index (χ1) is 7.69. The van der Waals surface area contributed by atoms with Crippen LogP contribution in [0.25, 0.3) is 0 Å².